The maximum absolute atomic E-state index is 12.6. The van der Waals surface area contributed by atoms with Gasteiger partial charge in [0.2, 0.25) is 5.91 Å². The lowest BCUT2D eigenvalue weighted by Gasteiger charge is -2.20. The second kappa shape index (κ2) is 9.07. The van der Waals surface area contributed by atoms with Gasteiger partial charge >= 0.3 is 0 Å². The predicted molar refractivity (Wildman–Crippen MR) is 128 cm³/mol. The normalized spacial score (nSPS) is 15.8. The fourth-order valence-electron chi connectivity index (χ4n) is 3.72. The fourth-order valence-corrected chi connectivity index (χ4v) is 4.78. The molecule has 3 aromatic carbocycles. The number of anilines is 1. The molecule has 8 heteroatoms. The summed E-state index contributed by atoms with van der Waals surface area (Å²) in [6.45, 7) is 3.40. The van der Waals surface area contributed by atoms with Crippen LogP contribution < -0.4 is 9.46 Å². The summed E-state index contributed by atoms with van der Waals surface area (Å²) >= 11 is 0. The number of amides is 1. The Balaban J connectivity index is 1.52. The minimum atomic E-state index is -3.68. The number of ether oxygens (including phenoxy) is 1. The number of nitrogens with one attached hydrogen (secondary N) is 1. The third-order valence-electron chi connectivity index (χ3n) is 5.54. The van der Waals surface area contributed by atoms with Gasteiger partial charge in [0.15, 0.2) is 0 Å². The summed E-state index contributed by atoms with van der Waals surface area (Å²) in [7, 11) is -2.07. The van der Waals surface area contributed by atoms with Crippen molar-refractivity contribution in [3.05, 3.63) is 89.5 Å². The van der Waals surface area contributed by atoms with Gasteiger partial charge in [0.1, 0.15) is 5.75 Å². The second-order valence-electron chi connectivity index (χ2n) is 7.90. The highest BCUT2D eigenvalue weighted by atomic mass is 32.2. The van der Waals surface area contributed by atoms with Crippen molar-refractivity contribution in [1.82, 2.24) is 5.01 Å². The number of hydrogen-bond acceptors (Lipinski definition) is 5. The molecule has 1 amide bonds. The zero-order valence-electron chi connectivity index (χ0n) is 18.6. The number of hydrazone groups is 1. The first kappa shape index (κ1) is 22.5. The third-order valence-corrected chi connectivity index (χ3v) is 6.93. The number of carbonyl (C=O) groups is 1. The predicted octanol–water partition coefficient (Wildman–Crippen LogP) is 4.50. The molecule has 7 nitrogen and oxygen atoms in total. The van der Waals surface area contributed by atoms with Crippen LogP contribution in [0.1, 0.15) is 36.1 Å². The standard InChI is InChI=1S/C25H25N3O4S/c1-17-4-14-23(15-5-17)33(30,31)27-21-10-6-19(7-11-21)24-16-25(28(26-24)18(2)29)20-8-12-22(32-3)13-9-20/h4-15,25,27H,16H2,1-3H3. The molecule has 0 spiro atoms. The highest BCUT2D eigenvalue weighted by Gasteiger charge is 2.31. The van der Waals surface area contributed by atoms with E-state index in [0.717, 1.165) is 28.2 Å². The first-order valence-electron chi connectivity index (χ1n) is 10.5. The minimum Gasteiger partial charge on any atom is -0.497 e. The van der Waals surface area contributed by atoms with E-state index < -0.39 is 10.0 Å². The van der Waals surface area contributed by atoms with E-state index in [1.54, 1.807) is 55.6 Å². The van der Waals surface area contributed by atoms with Gasteiger partial charge in [-0.1, -0.05) is 42.0 Å². The van der Waals surface area contributed by atoms with E-state index >= 15 is 0 Å². The van der Waals surface area contributed by atoms with Crippen LogP contribution in [0.3, 0.4) is 0 Å². The lowest BCUT2D eigenvalue weighted by Crippen LogP contribution is -2.24. The van der Waals surface area contributed by atoms with Crippen LogP contribution in [-0.2, 0) is 14.8 Å². The van der Waals surface area contributed by atoms with E-state index in [2.05, 4.69) is 9.82 Å². The van der Waals surface area contributed by atoms with Crippen molar-refractivity contribution >= 4 is 27.3 Å². The highest BCUT2D eigenvalue weighted by molar-refractivity contribution is 7.92. The molecule has 1 heterocycles. The van der Waals surface area contributed by atoms with Gasteiger partial charge in [-0.2, -0.15) is 5.10 Å². The number of hydrogen-bond donors (Lipinski definition) is 1. The van der Waals surface area contributed by atoms with Crippen molar-refractivity contribution in [1.29, 1.82) is 0 Å². The topological polar surface area (TPSA) is 88.1 Å². The van der Waals surface area contributed by atoms with Crippen molar-refractivity contribution < 1.29 is 17.9 Å². The van der Waals surface area contributed by atoms with Crippen molar-refractivity contribution in [3.63, 3.8) is 0 Å². The van der Waals surface area contributed by atoms with Crippen molar-refractivity contribution in [3.8, 4) is 5.75 Å². The molecule has 1 aliphatic rings. The number of benzene rings is 3. The van der Waals surface area contributed by atoms with Crippen molar-refractivity contribution in [2.45, 2.75) is 31.2 Å². The molecule has 1 aliphatic heterocycles. The molecule has 0 aliphatic carbocycles. The van der Waals surface area contributed by atoms with Gasteiger partial charge in [0, 0.05) is 19.0 Å². The van der Waals surface area contributed by atoms with Crippen molar-refractivity contribution in [2.75, 3.05) is 11.8 Å². The molecule has 33 heavy (non-hydrogen) atoms. The van der Waals surface area contributed by atoms with Gasteiger partial charge in [-0.3, -0.25) is 9.52 Å². The Morgan fingerprint density at radius 2 is 1.64 bits per heavy atom. The fraction of sp³-hybridized carbons (Fsp3) is 0.200. The molecule has 0 bridgehead atoms. The summed E-state index contributed by atoms with van der Waals surface area (Å²) in [5.41, 5.74) is 4.00. The molecule has 1 atom stereocenters. The van der Waals surface area contributed by atoms with E-state index in [1.165, 1.54) is 11.9 Å². The Kier molecular flexibility index (Phi) is 6.20. The Bertz CT molecular complexity index is 1280. The average Bonchev–Trinajstić information content (AvgIpc) is 3.25. The van der Waals surface area contributed by atoms with Crippen LogP contribution in [0.25, 0.3) is 0 Å². The van der Waals surface area contributed by atoms with Crippen LogP contribution >= 0.6 is 0 Å². The van der Waals surface area contributed by atoms with E-state index in [4.69, 9.17) is 4.74 Å². The summed E-state index contributed by atoms with van der Waals surface area (Å²) < 4.78 is 33.1. The molecule has 4 rings (SSSR count). The van der Waals surface area contributed by atoms with Gasteiger partial charge in [0.05, 0.1) is 23.8 Å². The number of sulfonamides is 1. The highest BCUT2D eigenvalue weighted by Crippen LogP contribution is 2.33. The summed E-state index contributed by atoms with van der Waals surface area (Å²) in [6.07, 6.45) is 0.556. The Morgan fingerprint density at radius 1 is 1.00 bits per heavy atom. The summed E-state index contributed by atoms with van der Waals surface area (Å²) in [5, 5.41) is 6.04. The Hall–Kier alpha value is -3.65. The largest absolute Gasteiger partial charge is 0.497 e. The van der Waals surface area contributed by atoms with Crippen LogP contribution in [-0.4, -0.2) is 32.2 Å². The molecule has 170 valence electrons. The number of aryl methyl sites for hydroxylation is 1. The van der Waals surface area contributed by atoms with E-state index in [1.807, 2.05) is 31.2 Å². The van der Waals surface area contributed by atoms with Crippen molar-refractivity contribution in [2.24, 2.45) is 5.10 Å². The van der Waals surface area contributed by atoms with E-state index in [9.17, 15) is 13.2 Å². The molecule has 1 unspecified atom stereocenters. The quantitative estimate of drug-likeness (QED) is 0.583. The molecule has 0 radical (unpaired) electrons. The van der Waals surface area contributed by atoms with Gasteiger partial charge in [0.25, 0.3) is 10.0 Å². The first-order chi connectivity index (χ1) is 15.8. The Labute approximate surface area is 193 Å². The van der Waals surface area contributed by atoms with E-state index in [-0.39, 0.29) is 16.8 Å². The number of carbonyl (C=O) groups excluding carboxylic acids is 1. The molecular formula is C25H25N3O4S. The number of methoxy groups -OCH3 is 1. The molecule has 1 N–H and O–H groups in total. The molecule has 0 aromatic heterocycles. The van der Waals surface area contributed by atoms with Crippen LogP contribution in [0.5, 0.6) is 5.75 Å². The molecule has 0 saturated carbocycles. The zero-order chi connectivity index (χ0) is 23.6. The zero-order valence-corrected chi connectivity index (χ0v) is 19.5. The number of nitrogens with zero attached hydrogens (tertiary/aromatic N) is 2. The van der Waals surface area contributed by atoms with Gasteiger partial charge in [-0.15, -0.1) is 0 Å². The maximum Gasteiger partial charge on any atom is 0.261 e. The minimum absolute atomic E-state index is 0.145. The monoisotopic (exact) mass is 463 g/mol. The molecule has 0 saturated heterocycles. The van der Waals surface area contributed by atoms with Crippen LogP contribution in [0.15, 0.2) is 82.8 Å². The van der Waals surface area contributed by atoms with Gasteiger partial charge < -0.3 is 4.74 Å². The Morgan fingerprint density at radius 3 is 2.21 bits per heavy atom. The summed E-state index contributed by atoms with van der Waals surface area (Å²) in [4.78, 5) is 12.4. The van der Waals surface area contributed by atoms with Gasteiger partial charge in [-0.05, 0) is 54.4 Å². The summed E-state index contributed by atoms with van der Waals surface area (Å²) in [6, 6.07) is 21.1. The molecule has 0 fully saturated rings. The smallest absolute Gasteiger partial charge is 0.261 e. The maximum atomic E-state index is 12.6. The lowest BCUT2D eigenvalue weighted by molar-refractivity contribution is -0.130. The summed E-state index contributed by atoms with van der Waals surface area (Å²) in [5.74, 6) is 0.601. The van der Waals surface area contributed by atoms with E-state index in [0.29, 0.717) is 12.1 Å². The third kappa shape index (κ3) is 4.90. The molecular weight excluding hydrogens is 438 g/mol. The first-order valence-corrected chi connectivity index (χ1v) is 12.0. The van der Waals surface area contributed by atoms with Gasteiger partial charge in [-0.25, -0.2) is 13.4 Å². The number of rotatable bonds is 6. The SMILES string of the molecule is COc1ccc(C2CC(c3ccc(NS(=O)(=O)c4ccc(C)cc4)cc3)=NN2C(C)=O)cc1. The second-order valence-corrected chi connectivity index (χ2v) is 9.58. The molecule has 3 aromatic rings. The van der Waals surface area contributed by atoms with Crippen LogP contribution in [0, 0.1) is 6.92 Å². The average molecular weight is 464 g/mol. The van der Waals surface area contributed by atoms with Crippen LogP contribution in [0.2, 0.25) is 0 Å². The lowest BCUT2D eigenvalue weighted by atomic mass is 9.98. The van der Waals surface area contributed by atoms with Crippen LogP contribution in [0.4, 0.5) is 5.69 Å².